The fourth-order valence-corrected chi connectivity index (χ4v) is 5.04. The Labute approximate surface area is 232 Å². The van der Waals surface area contributed by atoms with Crippen molar-refractivity contribution >= 4 is 22.5 Å². The average molecular weight is 543 g/mol. The molecule has 5 rings (SSSR count). The van der Waals surface area contributed by atoms with E-state index in [2.05, 4.69) is 50.5 Å². The molecule has 0 saturated heterocycles. The first-order valence-electron chi connectivity index (χ1n) is 12.8. The number of ether oxygens (including phenoxy) is 1. The molecule has 3 aromatic carbocycles. The smallest absolute Gasteiger partial charge is 0.253 e. The number of aromatic amines is 1. The lowest BCUT2D eigenvalue weighted by Gasteiger charge is -2.31. The van der Waals surface area contributed by atoms with Crippen LogP contribution in [0.5, 0.6) is 0 Å². The van der Waals surface area contributed by atoms with Crippen molar-refractivity contribution in [2.75, 3.05) is 13.7 Å². The SMILES string of the molecule is COCCn1nnnc1C(c1cc2c(C)ccc(C)c2[nH]c1=O)N(Cc1ccccc1)Cc1ccc(Cl)cc1. The van der Waals surface area contributed by atoms with Crippen LogP contribution in [0.1, 0.15) is 39.7 Å². The van der Waals surface area contributed by atoms with Gasteiger partial charge in [-0.05, 0) is 64.7 Å². The van der Waals surface area contributed by atoms with Crippen LogP contribution in [0.15, 0.2) is 77.6 Å². The number of pyridine rings is 1. The molecule has 1 unspecified atom stereocenters. The molecule has 2 aromatic heterocycles. The zero-order valence-electron chi connectivity index (χ0n) is 22.3. The minimum atomic E-state index is -0.541. The Balaban J connectivity index is 1.71. The van der Waals surface area contributed by atoms with Crippen LogP contribution in [0.2, 0.25) is 5.02 Å². The van der Waals surface area contributed by atoms with Gasteiger partial charge in [0, 0.05) is 36.2 Å². The molecular formula is C30H31ClN6O2. The van der Waals surface area contributed by atoms with Crippen molar-refractivity contribution in [2.24, 2.45) is 0 Å². The molecule has 1 atom stereocenters. The highest BCUT2D eigenvalue weighted by Gasteiger charge is 2.31. The number of benzene rings is 3. The molecule has 0 amide bonds. The molecule has 8 nitrogen and oxygen atoms in total. The van der Waals surface area contributed by atoms with Crippen LogP contribution in [-0.4, -0.2) is 43.8 Å². The third-order valence-electron chi connectivity index (χ3n) is 6.97. The van der Waals surface area contributed by atoms with Gasteiger partial charge in [-0.2, -0.15) is 0 Å². The number of fused-ring (bicyclic) bond motifs is 1. The van der Waals surface area contributed by atoms with E-state index < -0.39 is 6.04 Å². The number of hydrogen-bond acceptors (Lipinski definition) is 6. The number of tetrazole rings is 1. The van der Waals surface area contributed by atoms with E-state index in [1.807, 2.05) is 61.5 Å². The third kappa shape index (κ3) is 5.93. The van der Waals surface area contributed by atoms with Crippen molar-refractivity contribution in [3.05, 3.63) is 122 Å². The zero-order chi connectivity index (χ0) is 27.4. The highest BCUT2D eigenvalue weighted by Crippen LogP contribution is 2.31. The molecule has 0 aliphatic carbocycles. The van der Waals surface area contributed by atoms with Crippen LogP contribution >= 0.6 is 11.6 Å². The second kappa shape index (κ2) is 11.9. The predicted molar refractivity (Wildman–Crippen MR) is 153 cm³/mol. The average Bonchev–Trinajstić information content (AvgIpc) is 3.40. The summed E-state index contributed by atoms with van der Waals surface area (Å²) in [5, 5.41) is 14.4. The van der Waals surface area contributed by atoms with Gasteiger partial charge in [-0.25, -0.2) is 4.68 Å². The standard InChI is InChI=1S/C30H31ClN6O2/c1-20-9-10-21(2)27-25(20)17-26(30(38)32-27)28(29-33-34-35-37(29)15-16-39-3)36(18-22-7-5-4-6-8-22)19-23-11-13-24(31)14-12-23/h4-14,17,28H,15-16,18-19H2,1-3H3,(H,32,38). The Bertz CT molecular complexity index is 1610. The molecule has 0 radical (unpaired) electrons. The molecule has 0 spiro atoms. The summed E-state index contributed by atoms with van der Waals surface area (Å²) in [5.41, 5.74) is 5.51. The maximum Gasteiger partial charge on any atom is 0.253 e. The largest absolute Gasteiger partial charge is 0.383 e. The summed E-state index contributed by atoms with van der Waals surface area (Å²) in [4.78, 5) is 19.2. The van der Waals surface area contributed by atoms with E-state index in [1.54, 1.807) is 11.8 Å². The van der Waals surface area contributed by atoms with Crippen LogP contribution in [-0.2, 0) is 24.4 Å². The van der Waals surface area contributed by atoms with Crippen molar-refractivity contribution in [1.29, 1.82) is 0 Å². The van der Waals surface area contributed by atoms with Crippen molar-refractivity contribution in [2.45, 2.75) is 39.5 Å². The molecule has 0 aliphatic rings. The minimum Gasteiger partial charge on any atom is -0.383 e. The number of aryl methyl sites for hydroxylation is 2. The van der Waals surface area contributed by atoms with Crippen molar-refractivity contribution < 1.29 is 4.74 Å². The number of methoxy groups -OCH3 is 1. The first-order chi connectivity index (χ1) is 18.9. The van der Waals surface area contributed by atoms with Crippen LogP contribution in [0.25, 0.3) is 10.9 Å². The molecule has 0 bridgehead atoms. The second-order valence-corrected chi connectivity index (χ2v) is 10.2. The summed E-state index contributed by atoms with van der Waals surface area (Å²) < 4.78 is 7.04. The van der Waals surface area contributed by atoms with Crippen LogP contribution in [0.4, 0.5) is 0 Å². The molecule has 5 aromatic rings. The number of halogens is 1. The number of rotatable bonds is 10. The predicted octanol–water partition coefficient (Wildman–Crippen LogP) is 5.22. The summed E-state index contributed by atoms with van der Waals surface area (Å²) in [6.07, 6.45) is 0. The molecule has 0 saturated carbocycles. The lowest BCUT2D eigenvalue weighted by molar-refractivity contribution is 0.169. The summed E-state index contributed by atoms with van der Waals surface area (Å²) in [6, 6.07) is 23.5. The maximum atomic E-state index is 13.8. The number of nitrogens with one attached hydrogen (secondary N) is 1. The van der Waals surface area contributed by atoms with Crippen molar-refractivity contribution in [3.8, 4) is 0 Å². The molecular weight excluding hydrogens is 512 g/mol. The fraction of sp³-hybridized carbons (Fsp3) is 0.267. The van der Waals surface area contributed by atoms with E-state index in [1.165, 1.54) is 0 Å². The van der Waals surface area contributed by atoms with Crippen molar-refractivity contribution in [1.82, 2.24) is 30.1 Å². The van der Waals surface area contributed by atoms with Gasteiger partial charge < -0.3 is 9.72 Å². The molecule has 0 aliphatic heterocycles. The first kappa shape index (κ1) is 26.7. The van der Waals surface area contributed by atoms with Gasteiger partial charge in [-0.3, -0.25) is 9.69 Å². The highest BCUT2D eigenvalue weighted by atomic mass is 35.5. The van der Waals surface area contributed by atoms with Crippen LogP contribution in [0.3, 0.4) is 0 Å². The van der Waals surface area contributed by atoms with Gasteiger partial charge in [-0.15, -0.1) is 5.10 Å². The zero-order valence-corrected chi connectivity index (χ0v) is 23.0. The van der Waals surface area contributed by atoms with Gasteiger partial charge in [0.1, 0.15) is 6.04 Å². The van der Waals surface area contributed by atoms with Gasteiger partial charge in [0.15, 0.2) is 5.82 Å². The molecule has 200 valence electrons. The molecule has 1 N–H and O–H groups in total. The lowest BCUT2D eigenvalue weighted by atomic mass is 9.98. The van der Waals surface area contributed by atoms with E-state index in [0.29, 0.717) is 42.7 Å². The topological polar surface area (TPSA) is 88.9 Å². The van der Waals surface area contributed by atoms with Gasteiger partial charge in [0.25, 0.3) is 5.56 Å². The quantitative estimate of drug-likeness (QED) is 0.260. The van der Waals surface area contributed by atoms with Gasteiger partial charge in [-0.1, -0.05) is 66.2 Å². The number of hydrogen-bond donors (Lipinski definition) is 1. The minimum absolute atomic E-state index is 0.170. The van der Waals surface area contributed by atoms with Gasteiger partial charge in [0.2, 0.25) is 0 Å². The Morgan fingerprint density at radius 1 is 0.974 bits per heavy atom. The number of H-pyrrole nitrogens is 1. The fourth-order valence-electron chi connectivity index (χ4n) is 4.92. The van der Waals surface area contributed by atoms with E-state index >= 15 is 0 Å². The van der Waals surface area contributed by atoms with Crippen LogP contribution < -0.4 is 5.56 Å². The highest BCUT2D eigenvalue weighted by molar-refractivity contribution is 6.30. The Morgan fingerprint density at radius 2 is 1.67 bits per heavy atom. The summed E-state index contributed by atoms with van der Waals surface area (Å²) in [6.45, 7) is 6.05. The normalized spacial score (nSPS) is 12.3. The summed E-state index contributed by atoms with van der Waals surface area (Å²) >= 11 is 6.19. The maximum absolute atomic E-state index is 13.8. The molecule has 0 fully saturated rings. The van der Waals surface area contributed by atoms with Gasteiger partial charge >= 0.3 is 0 Å². The van der Waals surface area contributed by atoms with E-state index in [-0.39, 0.29) is 5.56 Å². The summed E-state index contributed by atoms with van der Waals surface area (Å²) in [7, 11) is 1.64. The van der Waals surface area contributed by atoms with E-state index in [9.17, 15) is 4.79 Å². The molecule has 39 heavy (non-hydrogen) atoms. The molecule has 9 heteroatoms. The Hall–Kier alpha value is -3.85. The van der Waals surface area contributed by atoms with Gasteiger partial charge in [0.05, 0.1) is 18.7 Å². The second-order valence-electron chi connectivity index (χ2n) is 9.71. The molecule has 2 heterocycles. The lowest BCUT2D eigenvalue weighted by Crippen LogP contribution is -2.35. The van der Waals surface area contributed by atoms with Crippen molar-refractivity contribution in [3.63, 3.8) is 0 Å². The monoisotopic (exact) mass is 542 g/mol. The first-order valence-corrected chi connectivity index (χ1v) is 13.2. The number of aromatic nitrogens is 5. The Kier molecular flexibility index (Phi) is 8.16. The van der Waals surface area contributed by atoms with E-state index in [4.69, 9.17) is 16.3 Å². The Morgan fingerprint density at radius 3 is 2.38 bits per heavy atom. The van der Waals surface area contributed by atoms with Crippen LogP contribution in [0, 0.1) is 13.8 Å². The summed E-state index contributed by atoms with van der Waals surface area (Å²) in [5.74, 6) is 0.576. The number of nitrogens with zero attached hydrogens (tertiary/aromatic N) is 5. The third-order valence-corrected chi connectivity index (χ3v) is 7.22. The van der Waals surface area contributed by atoms with E-state index in [0.717, 1.165) is 33.2 Å².